The predicted octanol–water partition coefficient (Wildman–Crippen LogP) is 1.50. The van der Waals surface area contributed by atoms with E-state index in [1.807, 2.05) is 0 Å². The third-order valence-electron chi connectivity index (χ3n) is 2.93. The van der Waals surface area contributed by atoms with Gasteiger partial charge in [0.15, 0.2) is 0 Å². The number of hydrogen-bond acceptors (Lipinski definition) is 4. The van der Waals surface area contributed by atoms with Crippen LogP contribution in [0.1, 0.15) is 16.8 Å². The average molecular weight is 321 g/mol. The van der Waals surface area contributed by atoms with Gasteiger partial charge in [-0.1, -0.05) is 30.4 Å². The summed E-state index contributed by atoms with van der Waals surface area (Å²) >= 11 is 4.88. The number of nitrogens with zero attached hydrogens (tertiary/aromatic N) is 1. The van der Waals surface area contributed by atoms with Gasteiger partial charge in [-0.15, -0.1) is 0 Å². The number of pyridine rings is 1. The molecule has 0 aliphatic carbocycles. The summed E-state index contributed by atoms with van der Waals surface area (Å²) in [7, 11) is -3.65. The number of aryl methyl sites for hydroxylation is 1. The van der Waals surface area contributed by atoms with Crippen molar-refractivity contribution in [2.45, 2.75) is 18.4 Å². The molecule has 0 amide bonds. The molecule has 0 saturated carbocycles. The summed E-state index contributed by atoms with van der Waals surface area (Å²) in [6.07, 6.45) is 1.61. The molecule has 3 N–H and O–H groups in total. The van der Waals surface area contributed by atoms with E-state index >= 15 is 0 Å². The van der Waals surface area contributed by atoms with Crippen LogP contribution in [0.5, 0.6) is 0 Å². The Morgan fingerprint density at radius 2 is 2.10 bits per heavy atom. The van der Waals surface area contributed by atoms with Crippen LogP contribution in [0.4, 0.5) is 0 Å². The molecular weight excluding hydrogens is 306 g/mol. The van der Waals surface area contributed by atoms with E-state index in [-0.39, 0.29) is 16.4 Å². The van der Waals surface area contributed by atoms with Gasteiger partial charge < -0.3 is 5.73 Å². The van der Waals surface area contributed by atoms with Gasteiger partial charge >= 0.3 is 0 Å². The van der Waals surface area contributed by atoms with E-state index in [2.05, 4.69) is 9.71 Å². The Bertz CT molecular complexity index is 759. The molecule has 1 aromatic carbocycles. The summed E-state index contributed by atoms with van der Waals surface area (Å²) in [5.41, 5.74) is 7.34. The number of thiocarbonyl (C=S) groups is 1. The second-order valence-electron chi connectivity index (χ2n) is 4.49. The SMILES string of the molecule is Cc1ccc(C(N)=S)cc1S(=O)(=O)NCc1ccccn1. The van der Waals surface area contributed by atoms with Crippen LogP contribution in [0.15, 0.2) is 47.5 Å². The number of nitrogens with one attached hydrogen (secondary N) is 1. The average Bonchev–Trinajstić information content (AvgIpc) is 2.46. The summed E-state index contributed by atoms with van der Waals surface area (Å²) in [6, 6.07) is 10.2. The molecule has 0 spiro atoms. The van der Waals surface area contributed by atoms with Crippen LogP contribution in [-0.2, 0) is 16.6 Å². The van der Waals surface area contributed by atoms with Crippen LogP contribution < -0.4 is 10.5 Å². The van der Waals surface area contributed by atoms with E-state index < -0.39 is 10.0 Å². The second-order valence-corrected chi connectivity index (χ2v) is 6.67. The molecule has 0 atom stereocenters. The van der Waals surface area contributed by atoms with Crippen molar-refractivity contribution in [2.24, 2.45) is 5.73 Å². The Kier molecular flexibility index (Phi) is 4.66. The maximum atomic E-state index is 12.4. The van der Waals surface area contributed by atoms with Crippen LogP contribution in [0.2, 0.25) is 0 Å². The van der Waals surface area contributed by atoms with Crippen molar-refractivity contribution in [1.82, 2.24) is 9.71 Å². The zero-order chi connectivity index (χ0) is 15.5. The standard InChI is InChI=1S/C14H15N3O2S2/c1-10-5-6-11(14(15)20)8-13(10)21(18,19)17-9-12-4-2-3-7-16-12/h2-8,17H,9H2,1H3,(H2,15,20). The molecule has 0 aliphatic heterocycles. The smallest absolute Gasteiger partial charge is 0.241 e. The Labute approximate surface area is 129 Å². The first kappa shape index (κ1) is 15.6. The lowest BCUT2D eigenvalue weighted by Crippen LogP contribution is -2.25. The van der Waals surface area contributed by atoms with Crippen LogP contribution in [0.25, 0.3) is 0 Å². The minimum Gasteiger partial charge on any atom is -0.389 e. The van der Waals surface area contributed by atoms with Gasteiger partial charge in [-0.25, -0.2) is 13.1 Å². The molecule has 0 radical (unpaired) electrons. The maximum Gasteiger partial charge on any atom is 0.241 e. The van der Waals surface area contributed by atoms with Gasteiger partial charge in [-0.2, -0.15) is 0 Å². The van der Waals surface area contributed by atoms with Gasteiger partial charge in [0.05, 0.1) is 17.1 Å². The first-order valence-electron chi connectivity index (χ1n) is 6.20. The number of benzene rings is 1. The van der Waals surface area contributed by atoms with E-state index in [1.54, 1.807) is 43.5 Å². The van der Waals surface area contributed by atoms with Crippen molar-refractivity contribution in [1.29, 1.82) is 0 Å². The lowest BCUT2D eigenvalue weighted by Gasteiger charge is -2.10. The highest BCUT2D eigenvalue weighted by Crippen LogP contribution is 2.17. The van der Waals surface area contributed by atoms with Gasteiger partial charge in [0.1, 0.15) is 4.99 Å². The maximum absolute atomic E-state index is 12.4. The topological polar surface area (TPSA) is 85.1 Å². The third-order valence-corrected chi connectivity index (χ3v) is 4.71. The molecule has 2 aromatic rings. The molecule has 0 unspecified atom stereocenters. The monoisotopic (exact) mass is 321 g/mol. The minimum atomic E-state index is -3.65. The van der Waals surface area contributed by atoms with Crippen molar-refractivity contribution in [3.63, 3.8) is 0 Å². The molecular formula is C14H15N3O2S2. The van der Waals surface area contributed by atoms with E-state index in [0.717, 1.165) is 0 Å². The van der Waals surface area contributed by atoms with Gasteiger partial charge in [0.2, 0.25) is 10.0 Å². The highest BCUT2D eigenvalue weighted by molar-refractivity contribution is 7.89. The summed E-state index contributed by atoms with van der Waals surface area (Å²) in [5, 5.41) is 0. The minimum absolute atomic E-state index is 0.125. The van der Waals surface area contributed by atoms with E-state index in [9.17, 15) is 8.42 Å². The Hall–Kier alpha value is -1.83. The molecule has 2 rings (SSSR count). The molecule has 0 aliphatic rings. The zero-order valence-electron chi connectivity index (χ0n) is 11.4. The number of hydrogen-bond donors (Lipinski definition) is 2. The van der Waals surface area contributed by atoms with Crippen molar-refractivity contribution < 1.29 is 8.42 Å². The van der Waals surface area contributed by atoms with Crippen LogP contribution in [0.3, 0.4) is 0 Å². The normalized spacial score (nSPS) is 11.3. The first-order valence-corrected chi connectivity index (χ1v) is 8.09. The fourth-order valence-electron chi connectivity index (χ4n) is 1.79. The van der Waals surface area contributed by atoms with Crippen LogP contribution in [0, 0.1) is 6.92 Å². The number of nitrogens with two attached hydrogens (primary N) is 1. The van der Waals surface area contributed by atoms with Crippen molar-refractivity contribution in [2.75, 3.05) is 0 Å². The Morgan fingerprint density at radius 3 is 2.71 bits per heavy atom. The Balaban J connectivity index is 2.27. The molecule has 7 heteroatoms. The van der Waals surface area contributed by atoms with Crippen molar-refractivity contribution in [3.05, 3.63) is 59.4 Å². The summed E-state index contributed by atoms with van der Waals surface area (Å²) in [4.78, 5) is 4.41. The molecule has 1 heterocycles. The molecule has 5 nitrogen and oxygen atoms in total. The van der Waals surface area contributed by atoms with Crippen molar-refractivity contribution >= 4 is 27.2 Å². The lowest BCUT2D eigenvalue weighted by molar-refractivity contribution is 0.580. The molecule has 21 heavy (non-hydrogen) atoms. The number of sulfonamides is 1. The molecule has 0 fully saturated rings. The highest BCUT2D eigenvalue weighted by Gasteiger charge is 2.17. The largest absolute Gasteiger partial charge is 0.389 e. The van der Waals surface area contributed by atoms with E-state index in [1.165, 1.54) is 6.07 Å². The molecule has 0 saturated heterocycles. The van der Waals surface area contributed by atoms with E-state index in [0.29, 0.717) is 16.8 Å². The van der Waals surface area contributed by atoms with E-state index in [4.69, 9.17) is 18.0 Å². The lowest BCUT2D eigenvalue weighted by atomic mass is 10.1. The van der Waals surface area contributed by atoms with Crippen LogP contribution in [-0.4, -0.2) is 18.4 Å². The summed E-state index contributed by atoms with van der Waals surface area (Å²) in [6.45, 7) is 1.85. The fourth-order valence-corrected chi connectivity index (χ4v) is 3.19. The van der Waals surface area contributed by atoms with Gasteiger partial charge in [-0.05, 0) is 30.7 Å². The first-order chi connectivity index (χ1) is 9.90. The fraction of sp³-hybridized carbons (Fsp3) is 0.143. The van der Waals surface area contributed by atoms with Gasteiger partial charge in [-0.3, -0.25) is 4.98 Å². The molecule has 110 valence electrons. The van der Waals surface area contributed by atoms with Gasteiger partial charge in [0.25, 0.3) is 0 Å². The van der Waals surface area contributed by atoms with Crippen molar-refractivity contribution in [3.8, 4) is 0 Å². The zero-order valence-corrected chi connectivity index (χ0v) is 13.0. The van der Waals surface area contributed by atoms with Crippen LogP contribution >= 0.6 is 12.2 Å². The summed E-state index contributed by atoms with van der Waals surface area (Å²) in [5.74, 6) is 0. The Morgan fingerprint density at radius 1 is 1.33 bits per heavy atom. The molecule has 1 aromatic heterocycles. The second kappa shape index (κ2) is 6.30. The number of aromatic nitrogens is 1. The quantitative estimate of drug-likeness (QED) is 0.815. The van der Waals surface area contributed by atoms with Gasteiger partial charge in [0, 0.05) is 11.8 Å². The summed E-state index contributed by atoms with van der Waals surface area (Å²) < 4.78 is 27.3. The third kappa shape index (κ3) is 3.84. The molecule has 0 bridgehead atoms. The number of rotatable bonds is 5. The predicted molar refractivity (Wildman–Crippen MR) is 85.3 cm³/mol. The highest BCUT2D eigenvalue weighted by atomic mass is 32.2.